The van der Waals surface area contributed by atoms with E-state index in [9.17, 15) is 14.4 Å². The number of likely N-dealkylation sites (N-methyl/N-ethyl adjacent to an activating group) is 1. The Hall–Kier alpha value is -2.12. The fraction of sp³-hybridized carbons (Fsp3) is 0.211. The predicted molar refractivity (Wildman–Crippen MR) is 110 cm³/mol. The monoisotopic (exact) mass is 439 g/mol. The summed E-state index contributed by atoms with van der Waals surface area (Å²) in [5.41, 5.74) is 0.828. The number of nitrogens with zero attached hydrogens (tertiary/aromatic N) is 2. The molecule has 28 heavy (non-hydrogen) atoms. The van der Waals surface area contributed by atoms with Crippen LogP contribution in [0.2, 0.25) is 15.1 Å². The number of hydrogen-bond acceptors (Lipinski definition) is 4. The van der Waals surface area contributed by atoms with Gasteiger partial charge in [0.1, 0.15) is 0 Å². The number of para-hydroxylation sites is 1. The Morgan fingerprint density at radius 3 is 2.50 bits per heavy atom. The molecule has 1 fully saturated rings. The normalized spacial score (nSPS) is 16.8. The highest BCUT2D eigenvalue weighted by atomic mass is 35.5. The summed E-state index contributed by atoms with van der Waals surface area (Å²) < 4.78 is 0. The van der Waals surface area contributed by atoms with Gasteiger partial charge in [-0.2, -0.15) is 0 Å². The Bertz CT molecular complexity index is 951. The van der Waals surface area contributed by atoms with Crippen molar-refractivity contribution < 1.29 is 14.4 Å². The number of anilines is 2. The highest BCUT2D eigenvalue weighted by molar-refractivity contribution is 6.42. The van der Waals surface area contributed by atoms with Gasteiger partial charge in [0, 0.05) is 0 Å². The molecular weight excluding hydrogens is 425 g/mol. The van der Waals surface area contributed by atoms with Gasteiger partial charge in [-0.1, -0.05) is 46.9 Å². The van der Waals surface area contributed by atoms with E-state index in [1.54, 1.807) is 37.4 Å². The second-order valence-electron chi connectivity index (χ2n) is 6.33. The van der Waals surface area contributed by atoms with Crippen LogP contribution in [0.15, 0.2) is 42.5 Å². The standard InChI is InChI=1S/C19H16Cl3N3O3/c1-24(10-17(26)23-15-5-3-2-4-13(15)21)16-9-18(27)25(19(16)28)11-6-7-12(20)14(22)8-11/h2-8,16H,9-10H2,1H3,(H,23,26). The molecule has 146 valence electrons. The maximum atomic E-state index is 12.8. The van der Waals surface area contributed by atoms with Crippen molar-refractivity contribution in [3.8, 4) is 0 Å². The molecule has 1 N–H and O–H groups in total. The molecule has 2 aromatic rings. The van der Waals surface area contributed by atoms with Crippen molar-refractivity contribution in [2.24, 2.45) is 0 Å². The lowest BCUT2D eigenvalue weighted by molar-refractivity contribution is -0.123. The third-order valence-electron chi connectivity index (χ3n) is 4.36. The van der Waals surface area contributed by atoms with E-state index < -0.39 is 11.9 Å². The topological polar surface area (TPSA) is 69.7 Å². The first-order valence-corrected chi connectivity index (χ1v) is 9.48. The quantitative estimate of drug-likeness (QED) is 0.717. The van der Waals surface area contributed by atoms with Crippen LogP contribution in [-0.4, -0.2) is 42.3 Å². The van der Waals surface area contributed by atoms with Gasteiger partial charge in [-0.05, 0) is 37.4 Å². The fourth-order valence-electron chi connectivity index (χ4n) is 2.94. The molecule has 0 aliphatic carbocycles. The molecule has 1 heterocycles. The van der Waals surface area contributed by atoms with Crippen LogP contribution in [0, 0.1) is 0 Å². The molecule has 1 aliphatic heterocycles. The lowest BCUT2D eigenvalue weighted by Crippen LogP contribution is -2.43. The number of carbonyl (C=O) groups excluding carboxylic acids is 3. The van der Waals surface area contributed by atoms with Crippen LogP contribution in [0.1, 0.15) is 6.42 Å². The van der Waals surface area contributed by atoms with Gasteiger partial charge >= 0.3 is 0 Å². The van der Waals surface area contributed by atoms with Gasteiger partial charge in [-0.3, -0.25) is 19.3 Å². The SMILES string of the molecule is CN(CC(=O)Nc1ccccc1Cl)C1CC(=O)N(c2ccc(Cl)c(Cl)c2)C1=O. The second kappa shape index (κ2) is 8.49. The van der Waals surface area contributed by atoms with Crippen molar-refractivity contribution in [2.75, 3.05) is 23.8 Å². The lowest BCUT2D eigenvalue weighted by Gasteiger charge is -2.22. The maximum absolute atomic E-state index is 12.8. The Morgan fingerprint density at radius 1 is 1.11 bits per heavy atom. The van der Waals surface area contributed by atoms with E-state index in [1.165, 1.54) is 17.0 Å². The van der Waals surface area contributed by atoms with Gasteiger partial charge < -0.3 is 5.32 Å². The molecule has 9 heteroatoms. The van der Waals surface area contributed by atoms with Crippen LogP contribution in [-0.2, 0) is 14.4 Å². The van der Waals surface area contributed by atoms with E-state index in [4.69, 9.17) is 34.8 Å². The lowest BCUT2D eigenvalue weighted by atomic mass is 10.2. The zero-order valence-electron chi connectivity index (χ0n) is 14.8. The Morgan fingerprint density at radius 2 is 1.82 bits per heavy atom. The molecule has 0 aromatic heterocycles. The average molecular weight is 441 g/mol. The van der Waals surface area contributed by atoms with Crippen LogP contribution in [0.25, 0.3) is 0 Å². The first kappa shape index (κ1) is 20.6. The van der Waals surface area contributed by atoms with Gasteiger partial charge in [0.2, 0.25) is 11.8 Å². The third kappa shape index (κ3) is 4.31. The van der Waals surface area contributed by atoms with Gasteiger partial charge in [0.05, 0.1) is 45.5 Å². The summed E-state index contributed by atoms with van der Waals surface area (Å²) in [6.45, 7) is -0.0792. The van der Waals surface area contributed by atoms with E-state index in [-0.39, 0.29) is 29.8 Å². The van der Waals surface area contributed by atoms with Crippen molar-refractivity contribution in [3.05, 3.63) is 57.5 Å². The molecule has 3 rings (SSSR count). The zero-order valence-corrected chi connectivity index (χ0v) is 17.1. The number of halogens is 3. The van der Waals surface area contributed by atoms with E-state index in [2.05, 4.69) is 5.32 Å². The van der Waals surface area contributed by atoms with E-state index in [0.29, 0.717) is 21.4 Å². The molecule has 1 aliphatic rings. The zero-order chi connectivity index (χ0) is 20.4. The minimum atomic E-state index is -0.751. The second-order valence-corrected chi connectivity index (χ2v) is 7.55. The predicted octanol–water partition coefficient (Wildman–Crippen LogP) is 3.85. The van der Waals surface area contributed by atoms with E-state index in [1.807, 2.05) is 0 Å². The van der Waals surface area contributed by atoms with Crippen LogP contribution in [0.4, 0.5) is 11.4 Å². The smallest absolute Gasteiger partial charge is 0.251 e. The number of benzene rings is 2. The van der Waals surface area contributed by atoms with Crippen molar-refractivity contribution >= 4 is 63.9 Å². The summed E-state index contributed by atoms with van der Waals surface area (Å²) >= 11 is 17.9. The van der Waals surface area contributed by atoms with Crippen LogP contribution in [0.3, 0.4) is 0 Å². The molecule has 6 nitrogen and oxygen atoms in total. The molecule has 0 saturated carbocycles. The first-order valence-electron chi connectivity index (χ1n) is 8.34. The van der Waals surface area contributed by atoms with Gasteiger partial charge in [0.15, 0.2) is 0 Å². The number of rotatable bonds is 5. The number of hydrogen-bond donors (Lipinski definition) is 1. The molecular formula is C19H16Cl3N3O3. The van der Waals surface area contributed by atoms with Crippen molar-refractivity contribution in [3.63, 3.8) is 0 Å². The number of imide groups is 1. The summed E-state index contributed by atoms with van der Waals surface area (Å²) in [5, 5.41) is 3.68. The Kier molecular flexibility index (Phi) is 6.25. The third-order valence-corrected chi connectivity index (χ3v) is 5.43. The summed E-state index contributed by atoms with van der Waals surface area (Å²) in [6, 6.07) is 10.6. The first-order chi connectivity index (χ1) is 13.3. The van der Waals surface area contributed by atoms with Gasteiger partial charge in [-0.15, -0.1) is 0 Å². The molecule has 1 atom stereocenters. The largest absolute Gasteiger partial charge is 0.324 e. The average Bonchev–Trinajstić information content (AvgIpc) is 2.94. The van der Waals surface area contributed by atoms with Crippen LogP contribution in [0.5, 0.6) is 0 Å². The molecule has 3 amide bonds. The van der Waals surface area contributed by atoms with Gasteiger partial charge in [0.25, 0.3) is 5.91 Å². The minimum Gasteiger partial charge on any atom is -0.324 e. The number of nitrogens with one attached hydrogen (secondary N) is 1. The Labute approximate surface area is 177 Å². The molecule has 0 spiro atoms. The highest BCUT2D eigenvalue weighted by Crippen LogP contribution is 2.31. The summed E-state index contributed by atoms with van der Waals surface area (Å²) in [6.07, 6.45) is -0.0328. The summed E-state index contributed by atoms with van der Waals surface area (Å²) in [4.78, 5) is 40.1. The minimum absolute atomic E-state index is 0.0328. The van der Waals surface area contributed by atoms with Crippen molar-refractivity contribution in [2.45, 2.75) is 12.5 Å². The number of amides is 3. The fourth-order valence-corrected chi connectivity index (χ4v) is 3.42. The van der Waals surface area contributed by atoms with E-state index >= 15 is 0 Å². The van der Waals surface area contributed by atoms with Crippen LogP contribution < -0.4 is 10.2 Å². The molecule has 1 unspecified atom stereocenters. The van der Waals surface area contributed by atoms with E-state index in [0.717, 1.165) is 4.90 Å². The Balaban J connectivity index is 1.69. The maximum Gasteiger partial charge on any atom is 0.251 e. The van der Waals surface area contributed by atoms with Crippen molar-refractivity contribution in [1.29, 1.82) is 0 Å². The molecule has 0 bridgehead atoms. The number of carbonyl (C=O) groups is 3. The molecule has 1 saturated heterocycles. The summed E-state index contributed by atoms with van der Waals surface area (Å²) in [5.74, 6) is -1.13. The molecule has 2 aromatic carbocycles. The highest BCUT2D eigenvalue weighted by Gasteiger charge is 2.42. The van der Waals surface area contributed by atoms with Crippen LogP contribution >= 0.6 is 34.8 Å². The van der Waals surface area contributed by atoms with Gasteiger partial charge in [-0.25, -0.2) is 4.90 Å². The summed E-state index contributed by atoms with van der Waals surface area (Å²) in [7, 11) is 1.61. The molecule has 0 radical (unpaired) electrons. The van der Waals surface area contributed by atoms with Crippen molar-refractivity contribution in [1.82, 2.24) is 4.90 Å².